The van der Waals surface area contributed by atoms with Crippen molar-refractivity contribution in [2.45, 2.75) is 24.7 Å². The summed E-state index contributed by atoms with van der Waals surface area (Å²) in [6.45, 7) is 0. The highest BCUT2D eigenvalue weighted by atomic mass is 35.5. The molecule has 3 aromatic rings. The van der Waals surface area contributed by atoms with E-state index in [9.17, 15) is 10.1 Å². The van der Waals surface area contributed by atoms with E-state index in [4.69, 9.17) is 21.1 Å². The van der Waals surface area contributed by atoms with Crippen LogP contribution in [0.25, 0.3) is 0 Å². The van der Waals surface area contributed by atoms with Crippen molar-refractivity contribution in [3.63, 3.8) is 0 Å². The Hall–Kier alpha value is -4.01. The smallest absolute Gasteiger partial charge is 0.212 e. The molecule has 0 spiro atoms. The summed E-state index contributed by atoms with van der Waals surface area (Å²) < 4.78 is 11.6. The van der Waals surface area contributed by atoms with Gasteiger partial charge in [-0.3, -0.25) is 4.79 Å². The van der Waals surface area contributed by atoms with E-state index in [1.807, 2.05) is 66.7 Å². The summed E-state index contributed by atoms with van der Waals surface area (Å²) in [5.74, 6) is 1.15. The first kappa shape index (κ1) is 22.8. The van der Waals surface area contributed by atoms with Crippen molar-refractivity contribution in [3.05, 3.63) is 118 Å². The molecule has 6 heteroatoms. The zero-order valence-corrected chi connectivity index (χ0v) is 19.9. The van der Waals surface area contributed by atoms with E-state index in [0.717, 1.165) is 16.7 Å². The number of ether oxygens (including phenoxy) is 2. The Kier molecular flexibility index (Phi) is 6.31. The Labute approximate surface area is 209 Å². The van der Waals surface area contributed by atoms with Crippen LogP contribution in [0.15, 0.2) is 96.0 Å². The van der Waals surface area contributed by atoms with Crippen molar-refractivity contribution in [1.29, 1.82) is 5.26 Å². The number of benzene rings is 3. The highest BCUT2D eigenvalue weighted by Crippen LogP contribution is 2.46. The summed E-state index contributed by atoms with van der Waals surface area (Å²) in [6, 6.07) is 25.3. The molecular formula is C29H23ClN2O3. The van der Waals surface area contributed by atoms with Crippen LogP contribution >= 0.6 is 11.6 Å². The molecule has 1 aliphatic heterocycles. The van der Waals surface area contributed by atoms with E-state index in [2.05, 4.69) is 11.4 Å². The van der Waals surface area contributed by atoms with Gasteiger partial charge in [-0.05, 0) is 35.6 Å². The second kappa shape index (κ2) is 9.69. The molecule has 174 valence electrons. The largest absolute Gasteiger partial charge is 0.497 e. The van der Waals surface area contributed by atoms with Crippen LogP contribution in [0.2, 0.25) is 5.02 Å². The first-order valence-electron chi connectivity index (χ1n) is 11.4. The molecule has 2 unspecified atom stereocenters. The molecule has 0 saturated carbocycles. The number of carbonyl (C=O) groups excluding carboxylic acids is 1. The van der Waals surface area contributed by atoms with Gasteiger partial charge in [0.1, 0.15) is 23.1 Å². The standard InChI is InChI=1S/C29H23ClN2O3/c1-34-22-11-12-24-27(16-22)35-29(25(17-31)28(24)23-9-5-6-10-26(23)30)32-20-13-19(14-21(33)15-20)18-7-3-2-4-8-18/h2-12,15-16,19,28,32H,13-14H2,1H3. The van der Waals surface area contributed by atoms with Crippen LogP contribution in [0.4, 0.5) is 0 Å². The first-order chi connectivity index (χ1) is 17.1. The van der Waals surface area contributed by atoms with Crippen LogP contribution < -0.4 is 14.8 Å². The van der Waals surface area contributed by atoms with Crippen molar-refractivity contribution in [2.75, 3.05) is 7.11 Å². The molecule has 5 rings (SSSR count). The average Bonchev–Trinajstić information content (AvgIpc) is 2.88. The summed E-state index contributed by atoms with van der Waals surface area (Å²) in [5.41, 5.74) is 3.83. The van der Waals surface area contributed by atoms with Crippen molar-refractivity contribution in [3.8, 4) is 17.6 Å². The number of nitrogens with one attached hydrogen (secondary N) is 1. The summed E-state index contributed by atoms with van der Waals surface area (Å²) in [7, 11) is 1.59. The number of carbonyl (C=O) groups is 1. The van der Waals surface area contributed by atoms with Crippen LogP contribution in [0, 0.1) is 11.3 Å². The van der Waals surface area contributed by atoms with Crippen LogP contribution in [0.5, 0.6) is 11.5 Å². The number of hydrogen-bond donors (Lipinski definition) is 1. The van der Waals surface area contributed by atoms with Gasteiger partial charge in [0.05, 0.1) is 13.0 Å². The number of nitrogens with zero attached hydrogens (tertiary/aromatic N) is 1. The molecule has 35 heavy (non-hydrogen) atoms. The Morgan fingerprint density at radius 2 is 1.80 bits per heavy atom. The van der Waals surface area contributed by atoms with Gasteiger partial charge in [-0.2, -0.15) is 5.26 Å². The SMILES string of the molecule is COc1ccc2c(c1)OC(NC1=CC(=O)CC(c3ccccc3)C1)=C(C#N)C2c1ccccc1Cl. The fourth-order valence-corrected chi connectivity index (χ4v) is 4.99. The number of rotatable bonds is 5. The molecule has 1 heterocycles. The minimum atomic E-state index is -0.435. The molecule has 0 aromatic heterocycles. The number of hydrogen-bond acceptors (Lipinski definition) is 5. The maximum absolute atomic E-state index is 12.6. The minimum Gasteiger partial charge on any atom is -0.497 e. The zero-order valence-electron chi connectivity index (χ0n) is 19.1. The molecule has 0 saturated heterocycles. The molecule has 2 aliphatic rings. The minimum absolute atomic E-state index is 0.0345. The fourth-order valence-electron chi connectivity index (χ4n) is 4.75. The zero-order chi connectivity index (χ0) is 24.4. The Bertz CT molecular complexity index is 1390. The average molecular weight is 483 g/mol. The monoisotopic (exact) mass is 482 g/mol. The summed E-state index contributed by atoms with van der Waals surface area (Å²) in [5, 5.41) is 14.1. The van der Waals surface area contributed by atoms with Crippen LogP contribution in [0.3, 0.4) is 0 Å². The molecule has 0 bridgehead atoms. The molecule has 5 nitrogen and oxygen atoms in total. The van der Waals surface area contributed by atoms with Gasteiger partial charge in [0.25, 0.3) is 0 Å². The van der Waals surface area contributed by atoms with Gasteiger partial charge in [0.15, 0.2) is 5.78 Å². The van der Waals surface area contributed by atoms with Gasteiger partial charge < -0.3 is 14.8 Å². The van der Waals surface area contributed by atoms with Gasteiger partial charge >= 0.3 is 0 Å². The predicted molar refractivity (Wildman–Crippen MR) is 134 cm³/mol. The molecular weight excluding hydrogens is 460 g/mol. The maximum Gasteiger partial charge on any atom is 0.212 e. The van der Waals surface area contributed by atoms with Crippen LogP contribution in [-0.4, -0.2) is 12.9 Å². The van der Waals surface area contributed by atoms with Gasteiger partial charge in [-0.1, -0.05) is 66.2 Å². The lowest BCUT2D eigenvalue weighted by Crippen LogP contribution is -2.28. The van der Waals surface area contributed by atoms with Gasteiger partial charge in [0.2, 0.25) is 5.88 Å². The van der Waals surface area contributed by atoms with Crippen LogP contribution in [-0.2, 0) is 4.79 Å². The van der Waals surface area contributed by atoms with Crippen molar-refractivity contribution in [2.24, 2.45) is 0 Å². The van der Waals surface area contributed by atoms with E-state index in [-0.39, 0.29) is 11.7 Å². The summed E-state index contributed by atoms with van der Waals surface area (Å²) in [6.07, 6.45) is 2.68. The molecule has 1 aliphatic carbocycles. The van der Waals surface area contributed by atoms with E-state index >= 15 is 0 Å². The highest BCUT2D eigenvalue weighted by molar-refractivity contribution is 6.31. The van der Waals surface area contributed by atoms with E-state index < -0.39 is 5.92 Å². The van der Waals surface area contributed by atoms with Gasteiger partial charge in [-0.25, -0.2) is 0 Å². The molecule has 0 fully saturated rings. The highest BCUT2D eigenvalue weighted by Gasteiger charge is 2.34. The summed E-state index contributed by atoms with van der Waals surface area (Å²) >= 11 is 6.58. The number of halogens is 1. The number of nitriles is 1. The number of methoxy groups -OCH3 is 1. The third-order valence-corrected chi connectivity index (χ3v) is 6.75. The van der Waals surface area contributed by atoms with Gasteiger partial charge in [-0.15, -0.1) is 0 Å². The van der Waals surface area contributed by atoms with E-state index in [0.29, 0.717) is 46.5 Å². The quantitative estimate of drug-likeness (QED) is 0.467. The summed E-state index contributed by atoms with van der Waals surface area (Å²) in [4.78, 5) is 12.6. The molecule has 3 aromatic carbocycles. The van der Waals surface area contributed by atoms with E-state index in [1.54, 1.807) is 19.3 Å². The lowest BCUT2D eigenvalue weighted by Gasteiger charge is -2.31. The third-order valence-electron chi connectivity index (χ3n) is 6.41. The predicted octanol–water partition coefficient (Wildman–Crippen LogP) is 6.23. The number of ketones is 1. The molecule has 1 N–H and O–H groups in total. The second-order valence-electron chi connectivity index (χ2n) is 8.59. The van der Waals surface area contributed by atoms with Gasteiger partial charge in [0, 0.05) is 34.8 Å². The van der Waals surface area contributed by atoms with Crippen molar-refractivity contribution in [1.82, 2.24) is 5.32 Å². The lowest BCUT2D eigenvalue weighted by atomic mass is 9.83. The van der Waals surface area contributed by atoms with Crippen LogP contribution in [0.1, 0.15) is 41.4 Å². The third kappa shape index (κ3) is 4.53. The van der Waals surface area contributed by atoms with Crippen molar-refractivity contribution >= 4 is 17.4 Å². The number of fused-ring (bicyclic) bond motifs is 1. The normalized spacial score (nSPS) is 19.2. The molecule has 0 radical (unpaired) electrons. The van der Waals surface area contributed by atoms with Crippen molar-refractivity contribution < 1.29 is 14.3 Å². The molecule has 0 amide bonds. The Morgan fingerprint density at radius 1 is 1.03 bits per heavy atom. The second-order valence-corrected chi connectivity index (χ2v) is 9.00. The lowest BCUT2D eigenvalue weighted by molar-refractivity contribution is -0.115. The Balaban J connectivity index is 1.56. The Morgan fingerprint density at radius 3 is 2.54 bits per heavy atom. The van der Waals surface area contributed by atoms with E-state index in [1.165, 1.54) is 0 Å². The maximum atomic E-state index is 12.6. The fraction of sp³-hybridized carbons (Fsp3) is 0.172. The first-order valence-corrected chi connectivity index (χ1v) is 11.7. The topological polar surface area (TPSA) is 71.3 Å². The number of allylic oxidation sites excluding steroid dienone is 3. The molecule has 2 atom stereocenters.